The number of hydrogen-bond acceptors (Lipinski definition) is 5. The summed E-state index contributed by atoms with van der Waals surface area (Å²) >= 11 is 0. The highest BCUT2D eigenvalue weighted by Gasteiger charge is 2.29. The molecule has 1 aliphatic heterocycles. The standard InChI is InChI=1S/C19H18F4N2O5S/c20-14-2-1-12(19(26)24-13-10-15(21)18(23)16(22)11-13)9-17(14)31(27,28)25-3-5-29-7-8-30-6-4-25/h1-2,9-11H,3-8H2,(H,24,26). The van der Waals surface area contributed by atoms with Gasteiger partial charge in [-0.05, 0) is 18.2 Å². The van der Waals surface area contributed by atoms with Crippen molar-refractivity contribution in [2.75, 3.05) is 44.8 Å². The predicted molar refractivity (Wildman–Crippen MR) is 101 cm³/mol. The van der Waals surface area contributed by atoms with E-state index < -0.39 is 49.8 Å². The van der Waals surface area contributed by atoms with Gasteiger partial charge in [0, 0.05) is 36.5 Å². The number of amides is 1. The summed E-state index contributed by atoms with van der Waals surface area (Å²) in [6, 6.07) is 3.72. The summed E-state index contributed by atoms with van der Waals surface area (Å²) < 4.78 is 91.4. The Balaban J connectivity index is 1.87. The van der Waals surface area contributed by atoms with Gasteiger partial charge in [0.05, 0.1) is 26.4 Å². The smallest absolute Gasteiger partial charge is 0.255 e. The van der Waals surface area contributed by atoms with Gasteiger partial charge in [-0.2, -0.15) is 4.31 Å². The van der Waals surface area contributed by atoms with Crippen LogP contribution < -0.4 is 5.32 Å². The van der Waals surface area contributed by atoms with Crippen molar-refractivity contribution in [2.24, 2.45) is 0 Å². The van der Waals surface area contributed by atoms with E-state index in [9.17, 15) is 30.8 Å². The highest BCUT2D eigenvalue weighted by Crippen LogP contribution is 2.23. The van der Waals surface area contributed by atoms with Gasteiger partial charge in [0.2, 0.25) is 10.0 Å². The van der Waals surface area contributed by atoms with Crippen LogP contribution in [-0.4, -0.2) is 58.1 Å². The molecule has 2 aromatic carbocycles. The molecule has 0 radical (unpaired) electrons. The summed E-state index contributed by atoms with van der Waals surface area (Å²) in [6.45, 7) is 0.647. The topological polar surface area (TPSA) is 84.9 Å². The Hall–Kier alpha value is -2.54. The zero-order chi connectivity index (χ0) is 22.6. The minimum absolute atomic E-state index is 0.0459. The van der Waals surface area contributed by atoms with Crippen molar-refractivity contribution < 1.29 is 40.2 Å². The summed E-state index contributed by atoms with van der Waals surface area (Å²) in [7, 11) is -4.35. The molecule has 7 nitrogen and oxygen atoms in total. The second-order valence-corrected chi connectivity index (χ2v) is 8.39. The molecule has 0 unspecified atom stereocenters. The van der Waals surface area contributed by atoms with E-state index >= 15 is 0 Å². The Morgan fingerprint density at radius 3 is 2.03 bits per heavy atom. The first-order valence-electron chi connectivity index (χ1n) is 9.11. The number of nitrogens with zero attached hydrogens (tertiary/aromatic N) is 1. The van der Waals surface area contributed by atoms with Gasteiger partial charge in [-0.1, -0.05) is 0 Å². The average molecular weight is 462 g/mol. The van der Waals surface area contributed by atoms with Crippen molar-refractivity contribution in [2.45, 2.75) is 4.90 Å². The molecule has 0 bridgehead atoms. The van der Waals surface area contributed by atoms with Crippen LogP contribution >= 0.6 is 0 Å². The second kappa shape index (κ2) is 9.73. The number of hydrogen-bond donors (Lipinski definition) is 1. The van der Waals surface area contributed by atoms with E-state index in [2.05, 4.69) is 5.32 Å². The van der Waals surface area contributed by atoms with E-state index in [1.807, 2.05) is 0 Å². The maximum atomic E-state index is 14.4. The lowest BCUT2D eigenvalue weighted by atomic mass is 10.2. The van der Waals surface area contributed by atoms with Crippen LogP contribution in [0, 0.1) is 23.3 Å². The van der Waals surface area contributed by atoms with Gasteiger partial charge in [0.1, 0.15) is 10.7 Å². The van der Waals surface area contributed by atoms with Crippen LogP contribution in [0.2, 0.25) is 0 Å². The third-order valence-electron chi connectivity index (χ3n) is 4.39. The normalized spacial score (nSPS) is 16.3. The number of carbonyl (C=O) groups excluding carboxylic acids is 1. The molecule has 31 heavy (non-hydrogen) atoms. The second-order valence-electron chi connectivity index (χ2n) is 6.48. The van der Waals surface area contributed by atoms with Crippen LogP contribution in [-0.2, 0) is 19.5 Å². The van der Waals surface area contributed by atoms with E-state index in [0.717, 1.165) is 22.5 Å². The molecule has 1 amide bonds. The molecule has 1 saturated heterocycles. The molecule has 0 atom stereocenters. The first-order valence-corrected chi connectivity index (χ1v) is 10.6. The fraction of sp³-hybridized carbons (Fsp3) is 0.316. The number of ether oxygens (including phenoxy) is 2. The molecule has 3 rings (SSSR count). The van der Waals surface area contributed by atoms with Gasteiger partial charge in [-0.15, -0.1) is 0 Å². The zero-order valence-corrected chi connectivity index (χ0v) is 16.9. The number of rotatable bonds is 4. The average Bonchev–Trinajstić information content (AvgIpc) is 2.86. The molecule has 1 heterocycles. The van der Waals surface area contributed by atoms with Gasteiger partial charge in [-0.3, -0.25) is 4.79 Å². The van der Waals surface area contributed by atoms with E-state index in [1.54, 1.807) is 0 Å². The van der Waals surface area contributed by atoms with Crippen molar-refractivity contribution in [3.8, 4) is 0 Å². The van der Waals surface area contributed by atoms with Crippen LogP contribution in [0.5, 0.6) is 0 Å². The maximum Gasteiger partial charge on any atom is 0.255 e. The predicted octanol–water partition coefficient (Wildman–Crippen LogP) is 2.53. The Morgan fingerprint density at radius 1 is 0.871 bits per heavy atom. The van der Waals surface area contributed by atoms with Crippen LogP contribution in [0.3, 0.4) is 0 Å². The van der Waals surface area contributed by atoms with Gasteiger partial charge < -0.3 is 14.8 Å². The lowest BCUT2D eigenvalue weighted by Crippen LogP contribution is -2.36. The van der Waals surface area contributed by atoms with Crippen molar-refractivity contribution in [3.05, 3.63) is 59.2 Å². The molecule has 0 aliphatic carbocycles. The Bertz CT molecular complexity index is 1050. The molecule has 12 heteroatoms. The summed E-state index contributed by atoms with van der Waals surface area (Å²) in [5.74, 6) is -6.80. The lowest BCUT2D eigenvalue weighted by Gasteiger charge is -2.21. The molecule has 1 N–H and O–H groups in total. The number of anilines is 1. The highest BCUT2D eigenvalue weighted by atomic mass is 32.2. The Labute approximate surface area is 175 Å². The Kier molecular flexibility index (Phi) is 7.26. The van der Waals surface area contributed by atoms with E-state index in [-0.39, 0.29) is 31.9 Å². The Morgan fingerprint density at radius 2 is 1.45 bits per heavy atom. The van der Waals surface area contributed by atoms with Crippen LogP contribution in [0.25, 0.3) is 0 Å². The van der Waals surface area contributed by atoms with Gasteiger partial charge in [0.25, 0.3) is 5.91 Å². The molecule has 2 aromatic rings. The fourth-order valence-corrected chi connectivity index (χ4v) is 4.32. The van der Waals surface area contributed by atoms with Crippen LogP contribution in [0.15, 0.2) is 35.2 Å². The highest BCUT2D eigenvalue weighted by molar-refractivity contribution is 7.89. The van der Waals surface area contributed by atoms with Crippen LogP contribution in [0.4, 0.5) is 23.2 Å². The molecule has 0 saturated carbocycles. The van der Waals surface area contributed by atoms with Crippen molar-refractivity contribution in [3.63, 3.8) is 0 Å². The summed E-state index contributed by atoms with van der Waals surface area (Å²) in [6.07, 6.45) is 0. The van der Waals surface area contributed by atoms with Gasteiger partial charge in [0.15, 0.2) is 17.5 Å². The zero-order valence-electron chi connectivity index (χ0n) is 16.0. The van der Waals surface area contributed by atoms with E-state index in [1.165, 1.54) is 0 Å². The molecule has 1 fully saturated rings. The SMILES string of the molecule is O=C(Nc1cc(F)c(F)c(F)c1)c1ccc(F)c(S(=O)(=O)N2CCOCCOCC2)c1. The molecule has 0 aromatic heterocycles. The minimum Gasteiger partial charge on any atom is -0.378 e. The molecular formula is C19H18F4N2O5S. The summed E-state index contributed by atoms with van der Waals surface area (Å²) in [5, 5.41) is 2.11. The first-order chi connectivity index (χ1) is 14.7. The fourth-order valence-electron chi connectivity index (χ4n) is 2.82. The van der Waals surface area contributed by atoms with E-state index in [4.69, 9.17) is 9.47 Å². The lowest BCUT2D eigenvalue weighted by molar-refractivity contribution is 0.0629. The largest absolute Gasteiger partial charge is 0.378 e. The minimum atomic E-state index is -4.35. The third kappa shape index (κ3) is 5.39. The number of carbonyl (C=O) groups is 1. The van der Waals surface area contributed by atoms with Gasteiger partial charge in [-0.25, -0.2) is 26.0 Å². The number of halogens is 4. The number of nitrogens with one attached hydrogen (secondary N) is 1. The molecule has 0 spiro atoms. The number of benzene rings is 2. The van der Waals surface area contributed by atoms with Crippen molar-refractivity contribution in [1.29, 1.82) is 0 Å². The van der Waals surface area contributed by atoms with Crippen molar-refractivity contribution >= 4 is 21.6 Å². The summed E-state index contributed by atoms with van der Waals surface area (Å²) in [5.41, 5.74) is -0.689. The van der Waals surface area contributed by atoms with E-state index in [0.29, 0.717) is 25.3 Å². The monoisotopic (exact) mass is 462 g/mol. The quantitative estimate of drug-likeness (QED) is 0.558. The maximum absolute atomic E-state index is 14.4. The molecular weight excluding hydrogens is 444 g/mol. The third-order valence-corrected chi connectivity index (χ3v) is 6.31. The molecule has 168 valence electrons. The number of sulfonamides is 1. The molecule has 1 aliphatic rings. The van der Waals surface area contributed by atoms with Crippen LogP contribution in [0.1, 0.15) is 10.4 Å². The first kappa shape index (κ1) is 23.1. The summed E-state index contributed by atoms with van der Waals surface area (Å²) in [4.78, 5) is 11.7. The van der Waals surface area contributed by atoms with Gasteiger partial charge >= 0.3 is 0 Å². The van der Waals surface area contributed by atoms with Crippen molar-refractivity contribution in [1.82, 2.24) is 4.31 Å².